The van der Waals surface area contributed by atoms with E-state index in [1.54, 1.807) is 23.5 Å². The van der Waals surface area contributed by atoms with Gasteiger partial charge in [-0.2, -0.15) is 4.40 Å². The van der Waals surface area contributed by atoms with Gasteiger partial charge in [0.1, 0.15) is 4.88 Å². The summed E-state index contributed by atoms with van der Waals surface area (Å²) in [6.45, 7) is 0. The summed E-state index contributed by atoms with van der Waals surface area (Å²) in [6, 6.07) is 12.6. The highest BCUT2D eigenvalue weighted by Gasteiger charge is 2.12. The molecule has 0 aliphatic heterocycles. The molecule has 2 heterocycles. The number of non-ortho nitro benzene ring substituents is 1. The molecule has 0 fully saturated rings. The molecule has 0 unspecified atom stereocenters. The normalized spacial score (nSPS) is 10.7. The maximum absolute atomic E-state index is 10.6. The van der Waals surface area contributed by atoms with Crippen molar-refractivity contribution in [3.8, 4) is 10.4 Å². The van der Waals surface area contributed by atoms with Crippen molar-refractivity contribution in [2.75, 3.05) is 0 Å². The van der Waals surface area contributed by atoms with E-state index in [0.29, 0.717) is 0 Å². The number of nitrogens with zero attached hydrogens (tertiary/aromatic N) is 2. The fourth-order valence-corrected chi connectivity index (χ4v) is 2.79. The number of thiazole rings is 1. The average Bonchev–Trinajstić information content (AvgIpc) is 2.82. The minimum atomic E-state index is -0.385. The summed E-state index contributed by atoms with van der Waals surface area (Å²) >= 11 is 1.66. The molecule has 0 N–H and O–H groups in total. The maximum atomic E-state index is 10.6. The van der Waals surface area contributed by atoms with Crippen molar-refractivity contribution in [3.63, 3.8) is 0 Å². The third kappa shape index (κ3) is 1.84. The van der Waals surface area contributed by atoms with Crippen molar-refractivity contribution in [1.29, 1.82) is 0 Å². The van der Waals surface area contributed by atoms with Gasteiger partial charge in [0.2, 0.25) is 0 Å². The monoisotopic (exact) mass is 257 g/mol. The second-order valence-corrected chi connectivity index (χ2v) is 4.91. The third-order valence-electron chi connectivity index (χ3n) is 2.68. The molecule has 3 aromatic rings. The van der Waals surface area contributed by atoms with Crippen LogP contribution in [0.3, 0.4) is 0 Å². The van der Waals surface area contributed by atoms with Gasteiger partial charge in [-0.15, -0.1) is 0 Å². The van der Waals surface area contributed by atoms with Crippen molar-refractivity contribution >= 4 is 21.9 Å². The number of nitro groups is 1. The Balaban J connectivity index is 2.06. The quantitative estimate of drug-likeness (QED) is 0.402. The first kappa shape index (κ1) is 10.9. The van der Waals surface area contributed by atoms with Crippen LogP contribution in [0.25, 0.3) is 15.3 Å². The standard InChI is InChI=1S/C13H9N2O2S/c16-15(17)11-6-4-10(5-7-11)12-9-14-8-2-1-3-13(14)18-12/h1-9H/q+1. The molecule has 0 aliphatic carbocycles. The lowest BCUT2D eigenvalue weighted by Gasteiger charge is -1.93. The third-order valence-corrected chi connectivity index (χ3v) is 3.80. The summed E-state index contributed by atoms with van der Waals surface area (Å²) in [6.07, 6.45) is 4.02. The number of aromatic nitrogens is 1. The Kier molecular flexibility index (Phi) is 2.53. The van der Waals surface area contributed by atoms with Gasteiger partial charge in [0, 0.05) is 24.3 Å². The van der Waals surface area contributed by atoms with Gasteiger partial charge in [-0.25, -0.2) is 0 Å². The first-order chi connectivity index (χ1) is 8.74. The van der Waals surface area contributed by atoms with Gasteiger partial charge in [-0.1, -0.05) is 11.3 Å². The second kappa shape index (κ2) is 4.19. The zero-order valence-electron chi connectivity index (χ0n) is 9.32. The number of hydrogen-bond donors (Lipinski definition) is 0. The average molecular weight is 257 g/mol. The van der Waals surface area contributed by atoms with Gasteiger partial charge in [0.05, 0.1) is 4.92 Å². The number of rotatable bonds is 2. The van der Waals surface area contributed by atoms with Crippen LogP contribution in [0.2, 0.25) is 0 Å². The predicted octanol–water partition coefficient (Wildman–Crippen LogP) is 3.06. The van der Waals surface area contributed by atoms with Crippen molar-refractivity contribution in [2.45, 2.75) is 0 Å². The maximum Gasteiger partial charge on any atom is 0.269 e. The fourth-order valence-electron chi connectivity index (χ4n) is 1.78. The van der Waals surface area contributed by atoms with Gasteiger partial charge >= 0.3 is 0 Å². The summed E-state index contributed by atoms with van der Waals surface area (Å²) in [4.78, 5) is 12.4. The van der Waals surface area contributed by atoms with Crippen LogP contribution >= 0.6 is 11.3 Å². The lowest BCUT2D eigenvalue weighted by atomic mass is 10.2. The van der Waals surface area contributed by atoms with E-state index in [0.717, 1.165) is 15.3 Å². The summed E-state index contributed by atoms with van der Waals surface area (Å²) < 4.78 is 2.04. The van der Waals surface area contributed by atoms with E-state index < -0.39 is 0 Å². The van der Waals surface area contributed by atoms with E-state index in [1.807, 2.05) is 35.0 Å². The Morgan fingerprint density at radius 3 is 2.56 bits per heavy atom. The first-order valence-corrected chi connectivity index (χ1v) is 6.20. The molecule has 0 amide bonds. The Hall–Kier alpha value is -2.27. The topological polar surface area (TPSA) is 47.2 Å². The minimum absolute atomic E-state index is 0.118. The van der Waals surface area contributed by atoms with Gasteiger partial charge in [0.15, 0.2) is 12.4 Å². The first-order valence-electron chi connectivity index (χ1n) is 5.39. The van der Waals surface area contributed by atoms with Gasteiger partial charge in [0.25, 0.3) is 10.5 Å². The highest BCUT2D eigenvalue weighted by Crippen LogP contribution is 2.27. The van der Waals surface area contributed by atoms with Crippen molar-refractivity contribution in [3.05, 3.63) is 65.0 Å². The molecule has 3 rings (SSSR count). The summed E-state index contributed by atoms with van der Waals surface area (Å²) in [7, 11) is 0. The minimum Gasteiger partial charge on any atom is -0.258 e. The molecule has 0 atom stereocenters. The van der Waals surface area contributed by atoms with Crippen LogP contribution in [0.15, 0.2) is 54.9 Å². The van der Waals surface area contributed by atoms with Crippen molar-refractivity contribution in [1.82, 2.24) is 0 Å². The lowest BCUT2D eigenvalue weighted by Crippen LogP contribution is -2.15. The lowest BCUT2D eigenvalue weighted by molar-refractivity contribution is -0.506. The summed E-state index contributed by atoms with van der Waals surface area (Å²) in [5, 5.41) is 10.6. The SMILES string of the molecule is O=[N+]([O-])c1ccc(-c2c[n+]3ccccc3s2)cc1. The smallest absolute Gasteiger partial charge is 0.258 e. The van der Waals surface area contributed by atoms with Crippen LogP contribution in [0.4, 0.5) is 5.69 Å². The van der Waals surface area contributed by atoms with Crippen LogP contribution in [-0.4, -0.2) is 4.92 Å². The second-order valence-electron chi connectivity index (χ2n) is 3.85. The molecule has 1 aromatic carbocycles. The number of pyridine rings is 1. The molecule has 0 bridgehead atoms. The Morgan fingerprint density at radius 1 is 1.11 bits per heavy atom. The molecule has 0 saturated carbocycles. The zero-order valence-corrected chi connectivity index (χ0v) is 10.1. The number of fused-ring (bicyclic) bond motifs is 1. The molecule has 88 valence electrons. The van der Waals surface area contributed by atoms with E-state index >= 15 is 0 Å². The highest BCUT2D eigenvalue weighted by molar-refractivity contribution is 7.20. The molecule has 0 spiro atoms. The van der Waals surface area contributed by atoms with Gasteiger partial charge < -0.3 is 0 Å². The van der Waals surface area contributed by atoms with E-state index in [-0.39, 0.29) is 10.6 Å². The Morgan fingerprint density at radius 2 is 1.89 bits per heavy atom. The molecule has 18 heavy (non-hydrogen) atoms. The molecule has 0 radical (unpaired) electrons. The molecule has 4 nitrogen and oxygen atoms in total. The Labute approximate surface area is 107 Å². The van der Waals surface area contributed by atoms with E-state index in [4.69, 9.17) is 0 Å². The highest BCUT2D eigenvalue weighted by atomic mass is 32.1. The Bertz CT molecular complexity index is 686. The van der Waals surface area contributed by atoms with Crippen molar-refractivity contribution in [2.24, 2.45) is 0 Å². The van der Waals surface area contributed by atoms with E-state index in [9.17, 15) is 10.1 Å². The molecular formula is C13H9N2O2S+. The summed E-state index contributed by atoms with van der Waals surface area (Å²) in [5.74, 6) is 0. The van der Waals surface area contributed by atoms with Crippen LogP contribution in [0, 0.1) is 10.1 Å². The van der Waals surface area contributed by atoms with Crippen LogP contribution in [-0.2, 0) is 0 Å². The number of hydrogen-bond acceptors (Lipinski definition) is 3. The summed E-state index contributed by atoms with van der Waals surface area (Å²) in [5.41, 5.74) is 1.11. The van der Waals surface area contributed by atoms with Crippen molar-refractivity contribution < 1.29 is 9.32 Å². The predicted molar refractivity (Wildman–Crippen MR) is 69.6 cm³/mol. The van der Waals surface area contributed by atoms with E-state index in [1.165, 1.54) is 12.1 Å². The van der Waals surface area contributed by atoms with Crippen LogP contribution in [0.5, 0.6) is 0 Å². The van der Waals surface area contributed by atoms with E-state index in [2.05, 4.69) is 0 Å². The number of nitro benzene ring substituents is 1. The molecule has 5 heteroatoms. The largest absolute Gasteiger partial charge is 0.269 e. The molecular weight excluding hydrogens is 248 g/mol. The van der Waals surface area contributed by atoms with Crippen LogP contribution < -0.4 is 4.40 Å². The van der Waals surface area contributed by atoms with Gasteiger partial charge in [-0.05, 0) is 23.8 Å². The zero-order chi connectivity index (χ0) is 12.5. The molecule has 2 aromatic heterocycles. The van der Waals surface area contributed by atoms with Crippen LogP contribution in [0.1, 0.15) is 0 Å². The number of benzene rings is 1. The fraction of sp³-hybridized carbons (Fsp3) is 0. The molecule has 0 saturated heterocycles. The van der Waals surface area contributed by atoms with Gasteiger partial charge in [-0.3, -0.25) is 10.1 Å². The molecule has 0 aliphatic rings.